The lowest BCUT2D eigenvalue weighted by atomic mass is 10.0. The number of carbonyl (C=O) groups is 1. The summed E-state index contributed by atoms with van der Waals surface area (Å²) in [6, 6.07) is 6.33. The zero-order valence-corrected chi connectivity index (χ0v) is 16.9. The third-order valence-electron chi connectivity index (χ3n) is 5.00. The molecule has 2 heterocycles. The molecule has 0 radical (unpaired) electrons. The molecule has 0 saturated heterocycles. The highest BCUT2D eigenvalue weighted by Crippen LogP contribution is 2.25. The Bertz CT molecular complexity index is 828. The highest BCUT2D eigenvalue weighted by atomic mass is 16.5. The summed E-state index contributed by atoms with van der Waals surface area (Å²) < 4.78 is 7.47. The third-order valence-corrected chi connectivity index (χ3v) is 5.00. The third kappa shape index (κ3) is 4.42. The second-order valence-corrected chi connectivity index (χ2v) is 7.36. The molecule has 2 aromatic rings. The SMILES string of the molecule is COc1cc(C)c(CN2CCn3nc(CNC(=O)N(C)C)cc3C2)cc1C. The summed E-state index contributed by atoms with van der Waals surface area (Å²) >= 11 is 0. The van der Waals surface area contributed by atoms with E-state index in [0.717, 1.165) is 37.6 Å². The number of nitrogens with zero attached hydrogens (tertiary/aromatic N) is 4. The van der Waals surface area contributed by atoms with Crippen molar-refractivity contribution in [2.24, 2.45) is 0 Å². The van der Waals surface area contributed by atoms with E-state index in [-0.39, 0.29) is 6.03 Å². The van der Waals surface area contributed by atoms with Gasteiger partial charge in [-0.1, -0.05) is 6.07 Å². The Morgan fingerprint density at radius 1 is 1.22 bits per heavy atom. The predicted octanol–water partition coefficient (Wildman–Crippen LogP) is 2.30. The van der Waals surface area contributed by atoms with E-state index in [1.807, 2.05) is 0 Å². The number of benzene rings is 1. The second-order valence-electron chi connectivity index (χ2n) is 7.36. The molecular formula is C20H29N5O2. The van der Waals surface area contributed by atoms with E-state index in [1.54, 1.807) is 21.2 Å². The number of ether oxygens (including phenoxy) is 1. The van der Waals surface area contributed by atoms with Crippen LogP contribution in [0.1, 0.15) is 28.1 Å². The topological polar surface area (TPSA) is 62.6 Å². The molecule has 0 saturated carbocycles. The summed E-state index contributed by atoms with van der Waals surface area (Å²) in [6.45, 7) is 8.27. The Balaban J connectivity index is 1.65. The van der Waals surface area contributed by atoms with Crippen LogP contribution in [-0.2, 0) is 26.2 Å². The Morgan fingerprint density at radius 2 is 2.00 bits per heavy atom. The van der Waals surface area contributed by atoms with Crippen molar-refractivity contribution < 1.29 is 9.53 Å². The highest BCUT2D eigenvalue weighted by Gasteiger charge is 2.19. The number of urea groups is 1. The van der Waals surface area contributed by atoms with E-state index in [2.05, 4.69) is 52.0 Å². The molecule has 0 unspecified atom stereocenters. The van der Waals surface area contributed by atoms with E-state index in [0.29, 0.717) is 6.54 Å². The van der Waals surface area contributed by atoms with Crippen LogP contribution in [0.15, 0.2) is 18.2 Å². The van der Waals surface area contributed by atoms with E-state index in [4.69, 9.17) is 4.74 Å². The number of methoxy groups -OCH3 is 1. The zero-order valence-electron chi connectivity index (χ0n) is 16.9. The Hall–Kier alpha value is -2.54. The summed E-state index contributed by atoms with van der Waals surface area (Å²) in [6.07, 6.45) is 0. The highest BCUT2D eigenvalue weighted by molar-refractivity contribution is 5.73. The van der Waals surface area contributed by atoms with Gasteiger partial charge in [0.15, 0.2) is 0 Å². The minimum Gasteiger partial charge on any atom is -0.496 e. The largest absolute Gasteiger partial charge is 0.496 e. The number of aryl methyl sites for hydroxylation is 2. The molecule has 27 heavy (non-hydrogen) atoms. The zero-order chi connectivity index (χ0) is 19.6. The average Bonchev–Trinajstić information content (AvgIpc) is 3.04. The van der Waals surface area contributed by atoms with Gasteiger partial charge in [-0.15, -0.1) is 0 Å². The molecule has 1 aromatic heterocycles. The summed E-state index contributed by atoms with van der Waals surface area (Å²) in [5.74, 6) is 0.942. The summed E-state index contributed by atoms with van der Waals surface area (Å²) in [4.78, 5) is 15.6. The van der Waals surface area contributed by atoms with Crippen molar-refractivity contribution in [3.8, 4) is 5.75 Å². The first-order chi connectivity index (χ1) is 12.9. The Kier molecular flexibility index (Phi) is 5.70. The molecule has 3 rings (SSSR count). The lowest BCUT2D eigenvalue weighted by Crippen LogP contribution is -2.34. The maximum Gasteiger partial charge on any atom is 0.317 e. The molecule has 1 aliphatic rings. The van der Waals surface area contributed by atoms with Crippen molar-refractivity contribution in [3.05, 3.63) is 46.3 Å². The number of fused-ring (bicyclic) bond motifs is 1. The maximum absolute atomic E-state index is 11.7. The van der Waals surface area contributed by atoms with E-state index in [9.17, 15) is 4.79 Å². The van der Waals surface area contributed by atoms with Crippen LogP contribution in [0.2, 0.25) is 0 Å². The fourth-order valence-electron chi connectivity index (χ4n) is 3.41. The van der Waals surface area contributed by atoms with E-state index >= 15 is 0 Å². The molecule has 1 N–H and O–H groups in total. The van der Waals surface area contributed by atoms with Gasteiger partial charge < -0.3 is 15.0 Å². The van der Waals surface area contributed by atoms with Crippen molar-refractivity contribution in [2.75, 3.05) is 27.7 Å². The van der Waals surface area contributed by atoms with Crippen molar-refractivity contribution in [2.45, 2.75) is 40.0 Å². The number of hydrogen-bond acceptors (Lipinski definition) is 4. The summed E-state index contributed by atoms with van der Waals surface area (Å²) in [5.41, 5.74) is 5.85. The number of carbonyl (C=O) groups excluding carboxylic acids is 1. The van der Waals surface area contributed by atoms with Gasteiger partial charge in [0.25, 0.3) is 0 Å². The van der Waals surface area contributed by atoms with Gasteiger partial charge in [-0.3, -0.25) is 9.58 Å². The molecule has 0 bridgehead atoms. The van der Waals surface area contributed by atoms with Crippen LogP contribution in [0.25, 0.3) is 0 Å². The smallest absolute Gasteiger partial charge is 0.317 e. The van der Waals surface area contributed by atoms with Crippen molar-refractivity contribution in [1.82, 2.24) is 24.9 Å². The number of rotatable bonds is 5. The molecule has 7 nitrogen and oxygen atoms in total. The van der Waals surface area contributed by atoms with Gasteiger partial charge in [-0.2, -0.15) is 5.10 Å². The molecule has 0 fully saturated rings. The van der Waals surface area contributed by atoms with Crippen LogP contribution < -0.4 is 10.1 Å². The monoisotopic (exact) mass is 371 g/mol. The first-order valence-corrected chi connectivity index (χ1v) is 9.24. The lowest BCUT2D eigenvalue weighted by molar-refractivity contribution is 0.204. The van der Waals surface area contributed by atoms with E-state index < -0.39 is 0 Å². The Morgan fingerprint density at radius 3 is 2.70 bits per heavy atom. The van der Waals surface area contributed by atoms with E-state index in [1.165, 1.54) is 27.3 Å². The lowest BCUT2D eigenvalue weighted by Gasteiger charge is -2.28. The molecule has 0 spiro atoms. The number of nitrogens with one attached hydrogen (secondary N) is 1. The van der Waals surface area contributed by atoms with Gasteiger partial charge in [0, 0.05) is 33.7 Å². The van der Waals surface area contributed by atoms with Crippen LogP contribution >= 0.6 is 0 Å². The molecular weight excluding hydrogens is 342 g/mol. The van der Waals surface area contributed by atoms with Gasteiger partial charge in [0.05, 0.1) is 31.6 Å². The number of amides is 2. The first kappa shape index (κ1) is 19.2. The number of hydrogen-bond donors (Lipinski definition) is 1. The predicted molar refractivity (Wildman–Crippen MR) is 105 cm³/mol. The average molecular weight is 371 g/mol. The van der Waals surface area contributed by atoms with Crippen LogP contribution in [-0.4, -0.2) is 53.4 Å². The van der Waals surface area contributed by atoms with Crippen LogP contribution in [0, 0.1) is 13.8 Å². The van der Waals surface area contributed by atoms with Crippen molar-refractivity contribution in [1.29, 1.82) is 0 Å². The molecule has 7 heteroatoms. The van der Waals surface area contributed by atoms with Gasteiger partial charge in [-0.05, 0) is 42.7 Å². The molecule has 146 valence electrons. The fraction of sp³-hybridized carbons (Fsp3) is 0.500. The van der Waals surface area contributed by atoms with Gasteiger partial charge >= 0.3 is 6.03 Å². The van der Waals surface area contributed by atoms with Gasteiger partial charge in [-0.25, -0.2) is 4.79 Å². The first-order valence-electron chi connectivity index (χ1n) is 9.24. The minimum atomic E-state index is -0.104. The van der Waals surface area contributed by atoms with Gasteiger partial charge in [0.2, 0.25) is 0 Å². The summed E-state index contributed by atoms with van der Waals surface area (Å²) in [7, 11) is 5.17. The van der Waals surface area contributed by atoms with Crippen LogP contribution in [0.5, 0.6) is 5.75 Å². The minimum absolute atomic E-state index is 0.104. The van der Waals surface area contributed by atoms with Crippen molar-refractivity contribution >= 4 is 6.03 Å². The fourth-order valence-corrected chi connectivity index (χ4v) is 3.41. The van der Waals surface area contributed by atoms with Gasteiger partial charge in [0.1, 0.15) is 5.75 Å². The molecule has 2 amide bonds. The standard InChI is InChI=1S/C20H29N5O2/c1-14-9-19(27-5)15(2)8-16(14)12-24-6-7-25-18(13-24)10-17(22-25)11-21-20(26)23(3)4/h8-10H,6-7,11-13H2,1-5H3,(H,21,26). The van der Waals surface area contributed by atoms with Crippen LogP contribution in [0.3, 0.4) is 0 Å². The quantitative estimate of drug-likeness (QED) is 0.876. The normalized spacial score (nSPS) is 14.0. The van der Waals surface area contributed by atoms with Crippen molar-refractivity contribution in [3.63, 3.8) is 0 Å². The molecule has 0 atom stereocenters. The molecule has 0 aliphatic carbocycles. The van der Waals surface area contributed by atoms with Crippen LogP contribution in [0.4, 0.5) is 4.79 Å². The molecule has 1 aromatic carbocycles. The number of aromatic nitrogens is 2. The molecule has 1 aliphatic heterocycles. The maximum atomic E-state index is 11.7. The summed E-state index contributed by atoms with van der Waals surface area (Å²) in [5, 5.41) is 7.49. The second kappa shape index (κ2) is 8.00. The Labute approximate surface area is 160 Å².